The van der Waals surface area contributed by atoms with Crippen LogP contribution in [0.25, 0.3) is 0 Å². The van der Waals surface area contributed by atoms with Crippen molar-refractivity contribution in [2.45, 2.75) is 25.4 Å². The molecule has 0 heterocycles. The van der Waals surface area contributed by atoms with Crippen LogP contribution in [0, 0.1) is 0 Å². The fraction of sp³-hybridized carbons (Fsp3) is 0.167. The van der Waals surface area contributed by atoms with E-state index < -0.39 is 0 Å². The van der Waals surface area contributed by atoms with E-state index in [1.165, 1.54) is 11.1 Å². The third-order valence-electron chi connectivity index (χ3n) is 5.28. The van der Waals surface area contributed by atoms with Gasteiger partial charge in [0.05, 0.1) is 6.04 Å². The second kappa shape index (κ2) is 8.90. The van der Waals surface area contributed by atoms with Crippen LogP contribution in [-0.2, 0) is 13.0 Å². The normalized spacial score (nSPS) is 14.8. The summed E-state index contributed by atoms with van der Waals surface area (Å²) in [7, 11) is 0. The lowest BCUT2D eigenvalue weighted by Gasteiger charge is -2.14. The Balaban J connectivity index is 1.42. The standard InChI is InChI=1S/C24H20Cl2N2O2/c25-19-10-8-18(21(26)13-19)14-27-23(29)16-5-3-6-17(12-16)24(30)28-22-11-9-15-4-1-2-7-20(15)22/h1-8,10,12-13,22H,9,11,14H2,(H,27,29)(H,28,30)/t22-/m0/s1. The van der Waals surface area contributed by atoms with E-state index >= 15 is 0 Å². The molecular formula is C24H20Cl2N2O2. The SMILES string of the molecule is O=C(NCc1ccc(Cl)cc1Cl)c1cccc(C(=O)N[C@H]2CCc3ccccc32)c1. The zero-order chi connectivity index (χ0) is 21.1. The van der Waals surface area contributed by atoms with Crippen LogP contribution in [0.15, 0.2) is 66.7 Å². The summed E-state index contributed by atoms with van der Waals surface area (Å²) in [6.45, 7) is 0.268. The Labute approximate surface area is 185 Å². The zero-order valence-corrected chi connectivity index (χ0v) is 17.6. The number of carbonyl (C=O) groups excluding carboxylic acids is 2. The number of amides is 2. The molecule has 2 amide bonds. The second-order valence-corrected chi connectivity index (χ2v) is 8.11. The molecule has 0 saturated heterocycles. The maximum absolute atomic E-state index is 12.8. The number of benzene rings is 3. The Morgan fingerprint density at radius 1 is 0.900 bits per heavy atom. The van der Waals surface area contributed by atoms with Crippen LogP contribution in [0.4, 0.5) is 0 Å². The Kier molecular flexibility index (Phi) is 6.07. The highest BCUT2D eigenvalue weighted by Gasteiger charge is 2.24. The van der Waals surface area contributed by atoms with Gasteiger partial charge >= 0.3 is 0 Å². The molecule has 3 aromatic rings. The molecule has 0 spiro atoms. The summed E-state index contributed by atoms with van der Waals surface area (Å²) < 4.78 is 0. The molecular weight excluding hydrogens is 419 g/mol. The predicted octanol–water partition coefficient (Wildman–Crippen LogP) is 5.34. The molecule has 0 bridgehead atoms. The molecule has 3 aromatic carbocycles. The first kappa shape index (κ1) is 20.5. The van der Waals surface area contributed by atoms with Crippen molar-refractivity contribution in [1.82, 2.24) is 10.6 Å². The van der Waals surface area contributed by atoms with Gasteiger partial charge in [-0.3, -0.25) is 9.59 Å². The number of hydrogen-bond acceptors (Lipinski definition) is 2. The zero-order valence-electron chi connectivity index (χ0n) is 16.1. The second-order valence-electron chi connectivity index (χ2n) is 7.26. The molecule has 0 aromatic heterocycles. The average molecular weight is 439 g/mol. The van der Waals surface area contributed by atoms with Crippen LogP contribution in [0.2, 0.25) is 10.0 Å². The molecule has 0 saturated carbocycles. The van der Waals surface area contributed by atoms with Crippen molar-refractivity contribution in [2.75, 3.05) is 0 Å². The van der Waals surface area contributed by atoms with Crippen molar-refractivity contribution in [3.63, 3.8) is 0 Å². The maximum Gasteiger partial charge on any atom is 0.251 e. The van der Waals surface area contributed by atoms with Gasteiger partial charge in [-0.2, -0.15) is 0 Å². The number of hydrogen-bond donors (Lipinski definition) is 2. The number of rotatable bonds is 5. The summed E-state index contributed by atoms with van der Waals surface area (Å²) >= 11 is 12.1. The van der Waals surface area contributed by atoms with Crippen molar-refractivity contribution in [1.29, 1.82) is 0 Å². The largest absolute Gasteiger partial charge is 0.348 e. The molecule has 0 unspecified atom stereocenters. The van der Waals surface area contributed by atoms with Crippen molar-refractivity contribution >= 4 is 35.0 Å². The Bertz CT molecular complexity index is 1110. The van der Waals surface area contributed by atoms with Gasteiger partial charge in [0.1, 0.15) is 0 Å². The Hall–Kier alpha value is -2.82. The van der Waals surface area contributed by atoms with Crippen molar-refractivity contribution in [3.05, 3.63) is 105 Å². The van der Waals surface area contributed by atoms with Gasteiger partial charge in [-0.1, -0.05) is 59.6 Å². The first-order valence-corrected chi connectivity index (χ1v) is 10.5. The summed E-state index contributed by atoms with van der Waals surface area (Å²) in [6.07, 6.45) is 1.84. The lowest BCUT2D eigenvalue weighted by molar-refractivity contribution is 0.0936. The third kappa shape index (κ3) is 4.50. The van der Waals surface area contributed by atoms with Gasteiger partial charge in [0.2, 0.25) is 0 Å². The van der Waals surface area contributed by atoms with E-state index in [1.54, 1.807) is 42.5 Å². The molecule has 4 rings (SSSR count). The topological polar surface area (TPSA) is 58.2 Å². The van der Waals surface area contributed by atoms with Crippen LogP contribution >= 0.6 is 23.2 Å². The summed E-state index contributed by atoms with van der Waals surface area (Å²) in [5.41, 5.74) is 4.08. The van der Waals surface area contributed by atoms with Gasteiger partial charge in [0.15, 0.2) is 0 Å². The van der Waals surface area contributed by atoms with E-state index in [-0.39, 0.29) is 24.4 Å². The first-order chi connectivity index (χ1) is 14.5. The Morgan fingerprint density at radius 3 is 2.47 bits per heavy atom. The van der Waals surface area contributed by atoms with E-state index in [0.29, 0.717) is 21.2 Å². The van der Waals surface area contributed by atoms with Crippen LogP contribution in [-0.4, -0.2) is 11.8 Å². The van der Waals surface area contributed by atoms with Crippen molar-refractivity contribution in [2.24, 2.45) is 0 Å². The number of nitrogens with one attached hydrogen (secondary N) is 2. The Morgan fingerprint density at radius 2 is 1.67 bits per heavy atom. The molecule has 2 N–H and O–H groups in total. The van der Waals surface area contributed by atoms with Crippen LogP contribution < -0.4 is 10.6 Å². The minimum atomic E-state index is -0.276. The minimum absolute atomic E-state index is 0.00164. The molecule has 1 aliphatic rings. The fourth-order valence-corrected chi connectivity index (χ4v) is 4.17. The van der Waals surface area contributed by atoms with Gasteiger partial charge < -0.3 is 10.6 Å². The highest BCUT2D eigenvalue weighted by Crippen LogP contribution is 2.31. The fourth-order valence-electron chi connectivity index (χ4n) is 3.69. The summed E-state index contributed by atoms with van der Waals surface area (Å²) in [5.74, 6) is -0.464. The minimum Gasteiger partial charge on any atom is -0.348 e. The van der Waals surface area contributed by atoms with E-state index in [4.69, 9.17) is 23.2 Å². The maximum atomic E-state index is 12.8. The molecule has 4 nitrogen and oxygen atoms in total. The highest BCUT2D eigenvalue weighted by molar-refractivity contribution is 6.35. The quantitative estimate of drug-likeness (QED) is 0.564. The van der Waals surface area contributed by atoms with Gasteiger partial charge in [0, 0.05) is 27.7 Å². The molecule has 30 heavy (non-hydrogen) atoms. The molecule has 0 fully saturated rings. The summed E-state index contributed by atoms with van der Waals surface area (Å²) in [6, 6.07) is 20.0. The first-order valence-electron chi connectivity index (χ1n) is 9.72. The molecule has 0 radical (unpaired) electrons. The number of fused-ring (bicyclic) bond motifs is 1. The van der Waals surface area contributed by atoms with Gasteiger partial charge in [-0.05, 0) is 59.9 Å². The number of aryl methyl sites for hydroxylation is 1. The molecule has 0 aliphatic heterocycles. The molecule has 6 heteroatoms. The van der Waals surface area contributed by atoms with Crippen LogP contribution in [0.3, 0.4) is 0 Å². The number of halogens is 2. The van der Waals surface area contributed by atoms with Gasteiger partial charge in [-0.15, -0.1) is 0 Å². The van der Waals surface area contributed by atoms with Gasteiger partial charge in [-0.25, -0.2) is 0 Å². The monoisotopic (exact) mass is 438 g/mol. The highest BCUT2D eigenvalue weighted by atomic mass is 35.5. The third-order valence-corrected chi connectivity index (χ3v) is 5.87. The van der Waals surface area contributed by atoms with E-state index in [1.807, 2.05) is 12.1 Å². The van der Waals surface area contributed by atoms with E-state index in [2.05, 4.69) is 22.8 Å². The number of carbonyl (C=O) groups is 2. The van der Waals surface area contributed by atoms with E-state index in [0.717, 1.165) is 18.4 Å². The smallest absolute Gasteiger partial charge is 0.251 e. The predicted molar refractivity (Wildman–Crippen MR) is 119 cm³/mol. The lowest BCUT2D eigenvalue weighted by atomic mass is 10.1. The van der Waals surface area contributed by atoms with E-state index in [9.17, 15) is 9.59 Å². The molecule has 152 valence electrons. The van der Waals surface area contributed by atoms with Crippen molar-refractivity contribution in [3.8, 4) is 0 Å². The van der Waals surface area contributed by atoms with Crippen LogP contribution in [0.5, 0.6) is 0 Å². The molecule has 1 atom stereocenters. The average Bonchev–Trinajstić information content (AvgIpc) is 3.16. The van der Waals surface area contributed by atoms with Crippen molar-refractivity contribution < 1.29 is 9.59 Å². The van der Waals surface area contributed by atoms with Gasteiger partial charge in [0.25, 0.3) is 11.8 Å². The summed E-state index contributed by atoms with van der Waals surface area (Å²) in [5, 5.41) is 6.95. The lowest BCUT2D eigenvalue weighted by Crippen LogP contribution is -2.28. The summed E-state index contributed by atoms with van der Waals surface area (Å²) in [4.78, 5) is 25.3. The molecule has 1 aliphatic carbocycles. The van der Waals surface area contributed by atoms with Crippen LogP contribution in [0.1, 0.15) is 49.9 Å².